The number of amides is 2. The number of halogens is 2. The Balaban J connectivity index is 1.53. The van der Waals surface area contributed by atoms with E-state index in [2.05, 4.69) is 20.3 Å². The Morgan fingerprint density at radius 1 is 1.07 bits per heavy atom. The van der Waals surface area contributed by atoms with Gasteiger partial charge >= 0.3 is 6.03 Å². The highest BCUT2D eigenvalue weighted by atomic mass is 35.5. The summed E-state index contributed by atoms with van der Waals surface area (Å²) in [4.78, 5) is 49.2. The summed E-state index contributed by atoms with van der Waals surface area (Å²) in [5.74, 6) is 1.69. The molecule has 46 heavy (non-hydrogen) atoms. The standard InChI is InChI=1S/C32H32Cl2N8O4/c1-40(2)12-6-9-23(43)14-20-7-5-8-21(13-20)17-42-30-22(16-36-31(39-30)38-26-10-11-35-19-37-26)18-41(32(42)44)29-27(33)24(45-3)15-25(46-4)28(29)34/h5-11,13,15-16,19H,12,14,17-18H2,1-4H3,(H,35,36,37,38,39)/b9-6+. The fourth-order valence-corrected chi connectivity index (χ4v) is 5.56. The Morgan fingerprint density at radius 2 is 1.80 bits per heavy atom. The first-order valence-electron chi connectivity index (χ1n) is 14.2. The van der Waals surface area contributed by atoms with Crippen molar-refractivity contribution in [1.29, 1.82) is 0 Å². The summed E-state index contributed by atoms with van der Waals surface area (Å²) in [5.41, 5.74) is 2.47. The predicted octanol–water partition coefficient (Wildman–Crippen LogP) is 5.71. The number of hydrogen-bond acceptors (Lipinski definition) is 10. The molecule has 2 aromatic heterocycles. The van der Waals surface area contributed by atoms with E-state index in [0.29, 0.717) is 35.2 Å². The van der Waals surface area contributed by atoms with Crippen LogP contribution in [0.5, 0.6) is 11.5 Å². The van der Waals surface area contributed by atoms with Crippen molar-refractivity contribution < 1.29 is 19.1 Å². The number of carbonyl (C=O) groups excluding carboxylic acids is 2. The first-order chi connectivity index (χ1) is 22.2. The molecule has 2 amide bonds. The smallest absolute Gasteiger partial charge is 0.330 e. The molecule has 0 unspecified atom stereocenters. The zero-order valence-corrected chi connectivity index (χ0v) is 27.2. The monoisotopic (exact) mass is 662 g/mol. The van der Waals surface area contributed by atoms with Gasteiger partial charge in [-0.1, -0.05) is 53.5 Å². The van der Waals surface area contributed by atoms with Crippen LogP contribution in [0.4, 0.5) is 28.1 Å². The molecule has 0 aliphatic carbocycles. The Labute approximate surface area is 276 Å². The van der Waals surface area contributed by atoms with Crippen LogP contribution in [0.15, 0.2) is 67.3 Å². The summed E-state index contributed by atoms with van der Waals surface area (Å²) in [6, 6.07) is 10.3. The van der Waals surface area contributed by atoms with E-state index in [1.807, 2.05) is 49.3 Å². The quantitative estimate of drug-likeness (QED) is 0.189. The lowest BCUT2D eigenvalue weighted by molar-refractivity contribution is -0.114. The molecule has 0 radical (unpaired) electrons. The second kappa shape index (κ2) is 14.5. The summed E-state index contributed by atoms with van der Waals surface area (Å²) in [7, 11) is 6.81. The average Bonchev–Trinajstić information content (AvgIpc) is 3.04. The van der Waals surface area contributed by atoms with Crippen LogP contribution in [0.25, 0.3) is 0 Å². The van der Waals surface area contributed by atoms with Crippen molar-refractivity contribution >= 4 is 58.3 Å². The third-order valence-corrected chi connectivity index (χ3v) is 7.75. The molecular formula is C32H32Cl2N8O4. The summed E-state index contributed by atoms with van der Waals surface area (Å²) < 4.78 is 10.9. The van der Waals surface area contributed by atoms with Gasteiger partial charge in [-0.15, -0.1) is 0 Å². The van der Waals surface area contributed by atoms with Crippen LogP contribution in [-0.4, -0.2) is 71.5 Å². The van der Waals surface area contributed by atoms with Gasteiger partial charge in [-0.25, -0.2) is 19.7 Å². The lowest BCUT2D eigenvalue weighted by Gasteiger charge is -2.37. The number of allylic oxidation sites excluding steroid dienone is 1. The molecule has 12 nitrogen and oxygen atoms in total. The first-order valence-corrected chi connectivity index (χ1v) is 14.9. The fourth-order valence-electron chi connectivity index (χ4n) is 4.86. The molecule has 1 N–H and O–H groups in total. The van der Waals surface area contributed by atoms with E-state index in [1.165, 1.54) is 30.3 Å². The van der Waals surface area contributed by atoms with Crippen molar-refractivity contribution in [2.75, 3.05) is 50.0 Å². The number of rotatable bonds is 12. The van der Waals surface area contributed by atoms with Crippen molar-refractivity contribution in [3.05, 3.63) is 94.0 Å². The van der Waals surface area contributed by atoms with Gasteiger partial charge < -0.3 is 19.7 Å². The number of nitrogens with one attached hydrogen (secondary N) is 1. The van der Waals surface area contributed by atoms with Gasteiger partial charge in [0.1, 0.15) is 39.5 Å². The highest BCUT2D eigenvalue weighted by Crippen LogP contribution is 2.48. The first kappa shape index (κ1) is 32.6. The van der Waals surface area contributed by atoms with Gasteiger partial charge in [0.25, 0.3) is 0 Å². The van der Waals surface area contributed by atoms with Crippen molar-refractivity contribution in [3.8, 4) is 11.5 Å². The van der Waals surface area contributed by atoms with Crippen LogP contribution in [0.3, 0.4) is 0 Å². The topological polar surface area (TPSA) is 126 Å². The molecule has 3 heterocycles. The van der Waals surface area contributed by atoms with Crippen LogP contribution in [0, 0.1) is 0 Å². The molecule has 0 bridgehead atoms. The fraction of sp³-hybridized carbons (Fsp3) is 0.250. The van der Waals surface area contributed by atoms with Crippen LogP contribution >= 0.6 is 23.2 Å². The number of ketones is 1. The molecule has 4 aromatic rings. The molecule has 0 fully saturated rings. The number of benzene rings is 2. The molecule has 0 spiro atoms. The van der Waals surface area contributed by atoms with Gasteiger partial charge in [-0.3, -0.25) is 14.6 Å². The molecule has 1 aliphatic heterocycles. The second-order valence-electron chi connectivity index (χ2n) is 10.6. The third kappa shape index (κ3) is 7.36. The van der Waals surface area contributed by atoms with E-state index < -0.39 is 6.03 Å². The number of ether oxygens (including phenoxy) is 2. The minimum absolute atomic E-state index is 0.0194. The SMILES string of the molecule is COc1cc(OC)c(Cl)c(N2Cc3cnc(Nc4ccncn4)nc3N(Cc3cccc(CC(=O)/C=C/CN(C)C)c3)C2=O)c1Cl. The second-order valence-corrected chi connectivity index (χ2v) is 11.4. The number of nitrogens with zero attached hydrogens (tertiary/aromatic N) is 7. The number of urea groups is 1. The number of methoxy groups -OCH3 is 2. The highest BCUT2D eigenvalue weighted by molar-refractivity contribution is 6.42. The number of aromatic nitrogens is 4. The Morgan fingerprint density at radius 3 is 2.48 bits per heavy atom. The number of fused-ring (bicyclic) bond motifs is 1. The zero-order chi connectivity index (χ0) is 32.8. The van der Waals surface area contributed by atoms with Gasteiger partial charge in [0.15, 0.2) is 5.78 Å². The van der Waals surface area contributed by atoms with Crippen molar-refractivity contribution in [2.24, 2.45) is 0 Å². The molecule has 5 rings (SSSR count). The number of hydrogen-bond donors (Lipinski definition) is 1. The van der Waals surface area contributed by atoms with E-state index in [-0.39, 0.29) is 47.0 Å². The van der Waals surface area contributed by atoms with Crippen LogP contribution < -0.4 is 24.6 Å². The summed E-state index contributed by atoms with van der Waals surface area (Å²) in [6.07, 6.45) is 8.27. The normalized spacial score (nSPS) is 12.9. The van der Waals surface area contributed by atoms with E-state index in [1.54, 1.807) is 30.6 Å². The maximum Gasteiger partial charge on any atom is 0.330 e. The van der Waals surface area contributed by atoms with Gasteiger partial charge in [-0.05, 0) is 37.4 Å². The van der Waals surface area contributed by atoms with Crippen LogP contribution in [0.2, 0.25) is 10.0 Å². The molecular weight excluding hydrogens is 631 g/mol. The summed E-state index contributed by atoms with van der Waals surface area (Å²) >= 11 is 13.5. The lowest BCUT2D eigenvalue weighted by Crippen LogP contribution is -2.48. The molecule has 2 aromatic carbocycles. The summed E-state index contributed by atoms with van der Waals surface area (Å²) in [5, 5.41) is 3.35. The van der Waals surface area contributed by atoms with E-state index in [0.717, 1.165) is 11.1 Å². The number of carbonyl (C=O) groups is 2. The maximum atomic E-state index is 14.4. The van der Waals surface area contributed by atoms with Gasteiger partial charge in [-0.2, -0.15) is 4.98 Å². The Hall–Kier alpha value is -4.78. The Bertz CT molecular complexity index is 1740. The third-order valence-electron chi connectivity index (χ3n) is 7.01. The van der Waals surface area contributed by atoms with Crippen LogP contribution in [0.1, 0.15) is 16.7 Å². The molecule has 238 valence electrons. The minimum atomic E-state index is -0.439. The van der Waals surface area contributed by atoms with Gasteiger partial charge in [0, 0.05) is 37.0 Å². The van der Waals surface area contributed by atoms with E-state index in [9.17, 15) is 9.59 Å². The summed E-state index contributed by atoms with van der Waals surface area (Å²) in [6.45, 7) is 0.866. The molecule has 0 saturated carbocycles. The van der Waals surface area contributed by atoms with Crippen LogP contribution in [-0.2, 0) is 24.3 Å². The van der Waals surface area contributed by atoms with E-state index >= 15 is 0 Å². The zero-order valence-electron chi connectivity index (χ0n) is 25.7. The lowest BCUT2D eigenvalue weighted by atomic mass is 10.0. The average molecular weight is 664 g/mol. The number of likely N-dealkylation sites (N-methyl/N-ethyl adjacent to an activating group) is 1. The molecule has 0 atom stereocenters. The largest absolute Gasteiger partial charge is 0.495 e. The van der Waals surface area contributed by atoms with E-state index in [4.69, 9.17) is 37.7 Å². The molecule has 1 aliphatic rings. The van der Waals surface area contributed by atoms with Crippen molar-refractivity contribution in [1.82, 2.24) is 24.8 Å². The predicted molar refractivity (Wildman–Crippen MR) is 178 cm³/mol. The maximum absolute atomic E-state index is 14.4. The number of anilines is 4. The van der Waals surface area contributed by atoms with Crippen molar-refractivity contribution in [3.63, 3.8) is 0 Å². The minimum Gasteiger partial charge on any atom is -0.495 e. The molecule has 14 heteroatoms. The van der Waals surface area contributed by atoms with Crippen molar-refractivity contribution in [2.45, 2.75) is 19.5 Å². The van der Waals surface area contributed by atoms with Gasteiger partial charge in [0.2, 0.25) is 5.95 Å². The molecule has 0 saturated heterocycles. The Kier molecular flexibility index (Phi) is 10.3. The van der Waals surface area contributed by atoms with Gasteiger partial charge in [0.05, 0.1) is 33.0 Å². The highest BCUT2D eigenvalue weighted by Gasteiger charge is 2.37.